The number of hydrogen-bond donors (Lipinski definition) is 2. The van der Waals surface area contributed by atoms with E-state index in [0.29, 0.717) is 23.5 Å². The van der Waals surface area contributed by atoms with Crippen LogP contribution in [0, 0.1) is 17.3 Å². The van der Waals surface area contributed by atoms with E-state index in [-0.39, 0.29) is 16.9 Å². The quantitative estimate of drug-likeness (QED) is 0.710. The summed E-state index contributed by atoms with van der Waals surface area (Å²) in [5.41, 5.74) is 4.06. The molecule has 4 rings (SSSR count). The predicted molar refractivity (Wildman–Crippen MR) is 97.4 cm³/mol. The highest BCUT2D eigenvalue weighted by molar-refractivity contribution is 5.48. The molecule has 132 valence electrons. The minimum Gasteiger partial charge on any atom is -0.508 e. The zero-order valence-corrected chi connectivity index (χ0v) is 15.6. The highest BCUT2D eigenvalue weighted by atomic mass is 16.3. The number of aliphatic hydroxyl groups excluding tert-OH is 1. The van der Waals surface area contributed by atoms with Crippen molar-refractivity contribution < 1.29 is 10.2 Å². The Morgan fingerprint density at radius 2 is 1.83 bits per heavy atom. The van der Waals surface area contributed by atoms with E-state index in [0.717, 1.165) is 24.8 Å². The number of phenolic OH excluding ortho intramolecular Hbond substituents is 1. The first-order valence-corrected chi connectivity index (χ1v) is 9.76. The molecular formula is C22H32O2. The van der Waals surface area contributed by atoms with Gasteiger partial charge in [0.15, 0.2) is 0 Å². The second-order valence-corrected chi connectivity index (χ2v) is 9.87. The van der Waals surface area contributed by atoms with Crippen molar-refractivity contribution in [1.82, 2.24) is 0 Å². The first-order chi connectivity index (χ1) is 11.2. The van der Waals surface area contributed by atoms with Gasteiger partial charge in [-0.3, -0.25) is 0 Å². The summed E-state index contributed by atoms with van der Waals surface area (Å²) in [7, 11) is 0. The number of aromatic hydroxyl groups is 1. The third-order valence-electron chi connectivity index (χ3n) is 7.60. The summed E-state index contributed by atoms with van der Waals surface area (Å²) in [5.74, 6) is 2.48. The van der Waals surface area contributed by atoms with E-state index >= 15 is 0 Å². The number of aryl methyl sites for hydroxylation is 1. The number of benzene rings is 1. The van der Waals surface area contributed by atoms with Crippen LogP contribution in [-0.4, -0.2) is 16.3 Å². The van der Waals surface area contributed by atoms with E-state index in [1.54, 1.807) is 0 Å². The molecule has 2 nitrogen and oxygen atoms in total. The second kappa shape index (κ2) is 5.24. The summed E-state index contributed by atoms with van der Waals surface area (Å²) in [6.45, 7) is 8.87. The maximum atomic E-state index is 10.5. The number of phenols is 1. The molecule has 3 aliphatic rings. The third-order valence-corrected chi connectivity index (χ3v) is 7.60. The first-order valence-electron chi connectivity index (χ1n) is 9.76. The van der Waals surface area contributed by atoms with Crippen LogP contribution in [0.25, 0.3) is 0 Å². The van der Waals surface area contributed by atoms with Gasteiger partial charge in [0.2, 0.25) is 0 Å². The van der Waals surface area contributed by atoms with Gasteiger partial charge in [-0.05, 0) is 89.9 Å². The Kier molecular flexibility index (Phi) is 3.59. The molecule has 0 radical (unpaired) electrons. The van der Waals surface area contributed by atoms with E-state index in [1.165, 1.54) is 30.4 Å². The van der Waals surface area contributed by atoms with Gasteiger partial charge in [0, 0.05) is 0 Å². The molecule has 0 aromatic heterocycles. The van der Waals surface area contributed by atoms with Gasteiger partial charge in [0.05, 0.1) is 6.10 Å². The molecule has 2 N–H and O–H groups in total. The van der Waals surface area contributed by atoms with Crippen LogP contribution in [0.5, 0.6) is 5.75 Å². The van der Waals surface area contributed by atoms with Gasteiger partial charge in [0.25, 0.3) is 0 Å². The van der Waals surface area contributed by atoms with Gasteiger partial charge in [-0.2, -0.15) is 0 Å². The molecule has 24 heavy (non-hydrogen) atoms. The van der Waals surface area contributed by atoms with Crippen molar-refractivity contribution in [2.75, 3.05) is 0 Å². The molecule has 3 unspecified atom stereocenters. The van der Waals surface area contributed by atoms with Gasteiger partial charge in [0.1, 0.15) is 5.75 Å². The van der Waals surface area contributed by atoms with Crippen molar-refractivity contribution in [3.05, 3.63) is 28.8 Å². The fraction of sp³-hybridized carbons (Fsp3) is 0.727. The SMILES string of the molecule is CC(C)(C)c1cc2c(cc1O)CCC1C2CC[C@@]2(C)C1CC[C@@H]2O. The van der Waals surface area contributed by atoms with Gasteiger partial charge >= 0.3 is 0 Å². The lowest BCUT2D eigenvalue weighted by molar-refractivity contribution is -0.0226. The van der Waals surface area contributed by atoms with E-state index < -0.39 is 0 Å². The van der Waals surface area contributed by atoms with Crippen LogP contribution in [0.1, 0.15) is 82.4 Å². The fourth-order valence-electron chi connectivity index (χ4n) is 6.18. The summed E-state index contributed by atoms with van der Waals surface area (Å²) < 4.78 is 0. The zero-order chi connectivity index (χ0) is 17.3. The first kappa shape index (κ1) is 16.4. The molecule has 2 fully saturated rings. The smallest absolute Gasteiger partial charge is 0.119 e. The van der Waals surface area contributed by atoms with Gasteiger partial charge in [-0.25, -0.2) is 0 Å². The maximum absolute atomic E-state index is 10.5. The Bertz CT molecular complexity index is 657. The topological polar surface area (TPSA) is 40.5 Å². The van der Waals surface area contributed by atoms with Crippen molar-refractivity contribution in [3.63, 3.8) is 0 Å². The van der Waals surface area contributed by atoms with Crippen molar-refractivity contribution >= 4 is 0 Å². The fourth-order valence-corrected chi connectivity index (χ4v) is 6.18. The summed E-state index contributed by atoms with van der Waals surface area (Å²) in [6, 6.07) is 4.36. The molecule has 1 aromatic rings. The van der Waals surface area contributed by atoms with Crippen molar-refractivity contribution in [2.24, 2.45) is 17.3 Å². The molecule has 0 aliphatic heterocycles. The van der Waals surface area contributed by atoms with E-state index in [4.69, 9.17) is 0 Å². The van der Waals surface area contributed by atoms with Crippen LogP contribution in [-0.2, 0) is 11.8 Å². The normalized spacial score (nSPS) is 38.4. The highest BCUT2D eigenvalue weighted by Crippen LogP contribution is 2.61. The lowest BCUT2D eigenvalue weighted by Crippen LogP contribution is -2.44. The minimum absolute atomic E-state index is 0.0290. The van der Waals surface area contributed by atoms with Crippen molar-refractivity contribution in [2.45, 2.75) is 83.7 Å². The molecule has 2 heteroatoms. The molecule has 0 bridgehead atoms. The molecule has 0 amide bonds. The zero-order valence-electron chi connectivity index (χ0n) is 15.6. The van der Waals surface area contributed by atoms with Gasteiger partial charge < -0.3 is 10.2 Å². The minimum atomic E-state index is -0.102. The predicted octanol–water partition coefficient (Wildman–Crippen LogP) is 4.91. The summed E-state index contributed by atoms with van der Waals surface area (Å²) in [6.07, 6.45) is 6.71. The van der Waals surface area contributed by atoms with Crippen molar-refractivity contribution in [1.29, 1.82) is 0 Å². The average Bonchev–Trinajstić information content (AvgIpc) is 2.81. The number of aliphatic hydroxyl groups is 1. The summed E-state index contributed by atoms with van der Waals surface area (Å²) in [5, 5.41) is 21.0. The number of fused-ring (bicyclic) bond motifs is 5. The third kappa shape index (κ3) is 2.25. The second-order valence-electron chi connectivity index (χ2n) is 9.87. The Labute approximate surface area is 146 Å². The Hall–Kier alpha value is -1.02. The molecule has 5 atom stereocenters. The van der Waals surface area contributed by atoms with Crippen LogP contribution in [0.15, 0.2) is 12.1 Å². The largest absolute Gasteiger partial charge is 0.508 e. The molecule has 0 spiro atoms. The summed E-state index contributed by atoms with van der Waals surface area (Å²) >= 11 is 0. The molecular weight excluding hydrogens is 296 g/mol. The van der Waals surface area contributed by atoms with E-state index in [2.05, 4.69) is 33.8 Å². The van der Waals surface area contributed by atoms with Gasteiger partial charge in [-0.1, -0.05) is 33.8 Å². The Balaban J connectivity index is 1.74. The number of rotatable bonds is 0. The average molecular weight is 328 g/mol. The maximum Gasteiger partial charge on any atom is 0.119 e. The van der Waals surface area contributed by atoms with Gasteiger partial charge in [-0.15, -0.1) is 0 Å². The molecule has 0 saturated heterocycles. The monoisotopic (exact) mass is 328 g/mol. The standard InChI is InChI=1S/C22H32O2/c1-21(2,3)18-12-16-13(11-19(18)23)5-6-15-14(16)9-10-22(4)17(15)7-8-20(22)24/h11-12,14-15,17,20,23-24H,5-10H2,1-4H3/t14?,15?,17?,20-,22-/m0/s1. The van der Waals surface area contributed by atoms with Crippen molar-refractivity contribution in [3.8, 4) is 5.75 Å². The Morgan fingerprint density at radius 3 is 2.54 bits per heavy atom. The van der Waals surface area contributed by atoms with Crippen LogP contribution in [0.2, 0.25) is 0 Å². The van der Waals surface area contributed by atoms with Crippen LogP contribution in [0.3, 0.4) is 0 Å². The molecule has 2 saturated carbocycles. The number of hydrogen-bond acceptors (Lipinski definition) is 2. The highest BCUT2D eigenvalue weighted by Gasteiger charge is 2.54. The van der Waals surface area contributed by atoms with E-state index in [9.17, 15) is 10.2 Å². The lowest BCUT2D eigenvalue weighted by atomic mass is 9.55. The Morgan fingerprint density at radius 1 is 1.08 bits per heavy atom. The lowest BCUT2D eigenvalue weighted by Gasteiger charge is -2.50. The van der Waals surface area contributed by atoms with Crippen LogP contribution < -0.4 is 0 Å². The van der Waals surface area contributed by atoms with Crippen LogP contribution >= 0.6 is 0 Å². The molecule has 3 aliphatic carbocycles. The molecule has 0 heterocycles. The summed E-state index contributed by atoms with van der Waals surface area (Å²) in [4.78, 5) is 0. The van der Waals surface area contributed by atoms with E-state index in [1.807, 2.05) is 6.07 Å². The van der Waals surface area contributed by atoms with Crippen LogP contribution in [0.4, 0.5) is 0 Å². The molecule has 1 aromatic carbocycles.